The molecule has 8 heteroatoms. The van der Waals surface area contributed by atoms with Crippen LogP contribution in [0.15, 0.2) is 45.6 Å². The Balaban J connectivity index is 1.84. The summed E-state index contributed by atoms with van der Waals surface area (Å²) in [4.78, 5) is 38.5. The van der Waals surface area contributed by atoms with Gasteiger partial charge in [0.05, 0.1) is 43.1 Å². The van der Waals surface area contributed by atoms with E-state index in [1.165, 1.54) is 32.4 Å². The zero-order chi connectivity index (χ0) is 22.8. The first kappa shape index (κ1) is 21.4. The normalized spacial score (nSPS) is 12.8. The molecule has 0 aliphatic carbocycles. The second-order valence-electron chi connectivity index (χ2n) is 7.45. The zero-order valence-corrected chi connectivity index (χ0v) is 18.1. The van der Waals surface area contributed by atoms with E-state index >= 15 is 0 Å². The molecule has 166 valence electrons. The summed E-state index contributed by atoms with van der Waals surface area (Å²) >= 11 is 0. The summed E-state index contributed by atoms with van der Waals surface area (Å²) in [5, 5.41) is 0.854. The molecule has 1 aliphatic heterocycles. The summed E-state index contributed by atoms with van der Waals surface area (Å²) in [6, 6.07) is 9.87. The Bertz CT molecular complexity index is 1260. The molecular formula is C24H23NO7. The molecule has 0 saturated heterocycles. The van der Waals surface area contributed by atoms with Gasteiger partial charge in [-0.05, 0) is 42.3 Å². The number of anilines is 1. The topological polar surface area (TPSA) is 95.3 Å². The van der Waals surface area contributed by atoms with Crippen LogP contribution < -0.4 is 15.3 Å². The first-order valence-electron chi connectivity index (χ1n) is 10.2. The van der Waals surface area contributed by atoms with Gasteiger partial charge in [0.1, 0.15) is 11.3 Å². The maximum absolute atomic E-state index is 12.4. The third-order valence-corrected chi connectivity index (χ3v) is 5.47. The first-order chi connectivity index (χ1) is 15.5. The van der Waals surface area contributed by atoms with Crippen LogP contribution >= 0.6 is 0 Å². The number of hydrogen-bond acceptors (Lipinski definition) is 8. The van der Waals surface area contributed by atoms with Crippen LogP contribution in [0.5, 0.6) is 5.75 Å². The van der Waals surface area contributed by atoms with E-state index in [1.807, 2.05) is 19.1 Å². The van der Waals surface area contributed by atoms with E-state index in [2.05, 4.69) is 0 Å². The Hall–Kier alpha value is -3.81. The maximum atomic E-state index is 12.4. The number of carbonyl (C=O) groups excluding carboxylic acids is 2. The predicted molar refractivity (Wildman–Crippen MR) is 117 cm³/mol. The van der Waals surface area contributed by atoms with Crippen molar-refractivity contribution in [2.45, 2.75) is 26.3 Å². The van der Waals surface area contributed by atoms with Gasteiger partial charge in [-0.2, -0.15) is 0 Å². The van der Waals surface area contributed by atoms with Crippen molar-refractivity contribution in [1.82, 2.24) is 0 Å². The Morgan fingerprint density at radius 1 is 1.06 bits per heavy atom. The summed E-state index contributed by atoms with van der Waals surface area (Å²) in [7, 11) is 2.58. The third-order valence-electron chi connectivity index (χ3n) is 5.47. The number of benzene rings is 2. The molecule has 0 radical (unpaired) electrons. The highest BCUT2D eigenvalue weighted by molar-refractivity contribution is 5.99. The second-order valence-corrected chi connectivity index (χ2v) is 7.45. The summed E-state index contributed by atoms with van der Waals surface area (Å²) < 4.78 is 21.2. The van der Waals surface area contributed by atoms with E-state index in [-0.39, 0.29) is 17.9 Å². The van der Waals surface area contributed by atoms with Crippen molar-refractivity contribution in [2.75, 3.05) is 25.9 Å². The van der Waals surface area contributed by atoms with Gasteiger partial charge in [-0.3, -0.25) is 0 Å². The van der Waals surface area contributed by atoms with E-state index in [0.29, 0.717) is 29.1 Å². The monoisotopic (exact) mass is 437 g/mol. The van der Waals surface area contributed by atoms with Gasteiger partial charge in [0, 0.05) is 11.5 Å². The molecule has 0 N–H and O–H groups in total. The number of carbonyl (C=O) groups is 2. The van der Waals surface area contributed by atoms with Crippen LogP contribution in [0.25, 0.3) is 11.0 Å². The fourth-order valence-corrected chi connectivity index (χ4v) is 3.95. The molecule has 0 spiro atoms. The number of esters is 2. The molecule has 4 rings (SSSR count). The minimum Gasteiger partial charge on any atom is -0.473 e. The number of nitrogens with zero attached hydrogens (tertiary/aromatic N) is 1. The van der Waals surface area contributed by atoms with Crippen molar-refractivity contribution in [3.63, 3.8) is 0 Å². The van der Waals surface area contributed by atoms with E-state index < -0.39 is 17.6 Å². The van der Waals surface area contributed by atoms with Crippen LogP contribution in [0.4, 0.5) is 5.69 Å². The summed E-state index contributed by atoms with van der Waals surface area (Å²) in [5.41, 5.74) is 2.68. The highest BCUT2D eigenvalue weighted by Crippen LogP contribution is 2.36. The Labute approximate surface area is 184 Å². The van der Waals surface area contributed by atoms with Crippen LogP contribution in [0, 0.1) is 0 Å². The molecule has 1 aliphatic rings. The average molecular weight is 437 g/mol. The van der Waals surface area contributed by atoms with Gasteiger partial charge in [0.2, 0.25) is 0 Å². The van der Waals surface area contributed by atoms with Gasteiger partial charge in [0.15, 0.2) is 6.73 Å². The lowest BCUT2D eigenvalue weighted by molar-refractivity contribution is 0.0587. The van der Waals surface area contributed by atoms with Crippen LogP contribution in [0.3, 0.4) is 0 Å². The molecule has 32 heavy (non-hydrogen) atoms. The SMILES string of the molecule is CCCc1cc(=O)oc2c3c(ccc12)OCN(c1cc(C(=O)OC)ccc1C(=O)OC)C3. The number of fused-ring (bicyclic) bond motifs is 3. The molecule has 0 unspecified atom stereocenters. The number of methoxy groups -OCH3 is 2. The Morgan fingerprint density at radius 3 is 2.56 bits per heavy atom. The lowest BCUT2D eigenvalue weighted by Crippen LogP contribution is -2.33. The van der Waals surface area contributed by atoms with Crippen LogP contribution in [-0.4, -0.2) is 32.9 Å². The molecule has 0 fully saturated rings. The first-order valence-corrected chi connectivity index (χ1v) is 10.2. The summed E-state index contributed by atoms with van der Waals surface area (Å²) in [6.07, 6.45) is 1.64. The molecule has 0 saturated carbocycles. The van der Waals surface area contributed by atoms with E-state index in [9.17, 15) is 14.4 Å². The molecule has 0 atom stereocenters. The smallest absolute Gasteiger partial charge is 0.339 e. The molecule has 1 aromatic heterocycles. The standard InChI is InChI=1S/C24H23NO7/c1-4-5-14-11-21(26)32-22-16(14)8-9-20-18(22)12-25(13-31-20)19-10-15(23(27)29-2)6-7-17(19)24(28)30-3/h6-11H,4-5,12-13H2,1-3H3. The third kappa shape index (κ3) is 3.79. The fourth-order valence-electron chi connectivity index (χ4n) is 3.95. The number of hydrogen-bond donors (Lipinski definition) is 0. The Kier molecular flexibility index (Phi) is 5.85. The number of aryl methyl sites for hydroxylation is 1. The molecule has 0 bridgehead atoms. The van der Waals surface area contributed by atoms with Gasteiger partial charge in [-0.25, -0.2) is 14.4 Å². The molecule has 8 nitrogen and oxygen atoms in total. The van der Waals surface area contributed by atoms with Crippen molar-refractivity contribution >= 4 is 28.6 Å². The minimum atomic E-state index is -0.545. The number of ether oxygens (including phenoxy) is 3. The average Bonchev–Trinajstić information content (AvgIpc) is 2.82. The molecule has 0 amide bonds. The van der Waals surface area contributed by atoms with Crippen molar-refractivity contribution in [1.29, 1.82) is 0 Å². The van der Waals surface area contributed by atoms with Gasteiger partial charge < -0.3 is 23.5 Å². The summed E-state index contributed by atoms with van der Waals surface area (Å²) in [6.45, 7) is 2.48. The summed E-state index contributed by atoms with van der Waals surface area (Å²) in [5.74, 6) is -0.465. The highest BCUT2D eigenvalue weighted by atomic mass is 16.5. The van der Waals surface area contributed by atoms with Gasteiger partial charge in [-0.15, -0.1) is 0 Å². The van der Waals surface area contributed by atoms with Crippen LogP contribution in [0.2, 0.25) is 0 Å². The van der Waals surface area contributed by atoms with Gasteiger partial charge in [-0.1, -0.05) is 13.3 Å². The maximum Gasteiger partial charge on any atom is 0.339 e. The van der Waals surface area contributed by atoms with Crippen LogP contribution in [0.1, 0.15) is 45.2 Å². The predicted octanol–water partition coefficient (Wildman–Crippen LogP) is 3.68. The van der Waals surface area contributed by atoms with Gasteiger partial charge >= 0.3 is 17.6 Å². The molecule has 2 heterocycles. The van der Waals surface area contributed by atoms with Crippen molar-refractivity contribution < 1.29 is 28.2 Å². The van der Waals surface area contributed by atoms with Gasteiger partial charge in [0.25, 0.3) is 0 Å². The largest absolute Gasteiger partial charge is 0.473 e. The molecular weight excluding hydrogens is 414 g/mol. The molecule has 2 aromatic carbocycles. The zero-order valence-electron chi connectivity index (χ0n) is 18.1. The number of rotatable bonds is 5. The Morgan fingerprint density at radius 2 is 1.84 bits per heavy atom. The van der Waals surface area contributed by atoms with E-state index in [1.54, 1.807) is 11.0 Å². The second kappa shape index (κ2) is 8.74. The lowest BCUT2D eigenvalue weighted by atomic mass is 10.0. The fraction of sp³-hybridized carbons (Fsp3) is 0.292. The van der Waals surface area contributed by atoms with E-state index in [4.69, 9.17) is 18.6 Å². The van der Waals surface area contributed by atoms with E-state index in [0.717, 1.165) is 23.8 Å². The lowest BCUT2D eigenvalue weighted by Gasteiger charge is -2.32. The van der Waals surface area contributed by atoms with Crippen molar-refractivity contribution in [3.05, 3.63) is 69.1 Å². The quantitative estimate of drug-likeness (QED) is 0.441. The van der Waals surface area contributed by atoms with Crippen molar-refractivity contribution in [2.24, 2.45) is 0 Å². The minimum absolute atomic E-state index is 0.131. The van der Waals surface area contributed by atoms with Crippen molar-refractivity contribution in [3.8, 4) is 5.75 Å². The highest BCUT2D eigenvalue weighted by Gasteiger charge is 2.27. The van der Waals surface area contributed by atoms with Crippen LogP contribution in [-0.2, 0) is 22.4 Å². The molecule has 3 aromatic rings.